The molecular formula is C13H19ClN4O. The van der Waals surface area contributed by atoms with Gasteiger partial charge in [0.15, 0.2) is 6.29 Å². The lowest BCUT2D eigenvalue weighted by Crippen LogP contribution is -2.34. The topological polar surface area (TPSA) is 49.3 Å². The number of carbonyl (C=O) groups excluding carboxylic acids is 1. The Morgan fingerprint density at radius 1 is 1.37 bits per heavy atom. The summed E-state index contributed by atoms with van der Waals surface area (Å²) in [6.07, 6.45) is 0.741. The molecule has 0 spiro atoms. The van der Waals surface area contributed by atoms with Crippen molar-refractivity contribution >= 4 is 23.7 Å². The Hall–Kier alpha value is -1.20. The highest BCUT2D eigenvalue weighted by molar-refractivity contribution is 6.32. The van der Waals surface area contributed by atoms with Gasteiger partial charge in [-0.2, -0.15) is 0 Å². The normalized spacial score (nSPS) is 23.2. The van der Waals surface area contributed by atoms with Gasteiger partial charge in [0, 0.05) is 19.1 Å². The van der Waals surface area contributed by atoms with Crippen LogP contribution in [0.1, 0.15) is 23.1 Å². The molecule has 1 aliphatic heterocycles. The number of rotatable bonds is 3. The Morgan fingerprint density at radius 2 is 2.05 bits per heavy atom. The number of hydrogen-bond acceptors (Lipinski definition) is 5. The Bertz CT molecular complexity index is 492. The van der Waals surface area contributed by atoms with E-state index in [2.05, 4.69) is 40.8 Å². The monoisotopic (exact) mass is 282 g/mol. The van der Waals surface area contributed by atoms with Gasteiger partial charge in [0.05, 0.1) is 5.56 Å². The Morgan fingerprint density at radius 3 is 2.58 bits per heavy atom. The minimum Gasteiger partial charge on any atom is -0.354 e. The molecule has 0 bridgehead atoms. The Balaban J connectivity index is 2.36. The van der Waals surface area contributed by atoms with E-state index < -0.39 is 0 Å². The standard InChI is InChI=1S/C13H19ClN4O/c1-8-5-18(6-11(8)17(3)4)13-10(7-19)12(14)15-9(2)16-13/h7-8,11H,5-6H2,1-4H3. The number of likely N-dealkylation sites (N-methyl/N-ethyl adjacent to an activating group) is 1. The van der Waals surface area contributed by atoms with Crippen molar-refractivity contribution < 1.29 is 4.79 Å². The second-order valence-electron chi connectivity index (χ2n) is 5.33. The summed E-state index contributed by atoms with van der Waals surface area (Å²) in [5.74, 6) is 1.76. The van der Waals surface area contributed by atoms with Crippen molar-refractivity contribution in [3.8, 4) is 0 Å². The fourth-order valence-corrected chi connectivity index (χ4v) is 2.92. The Kier molecular flexibility index (Phi) is 4.06. The molecule has 6 heteroatoms. The first kappa shape index (κ1) is 14.2. The van der Waals surface area contributed by atoms with E-state index in [1.807, 2.05) is 0 Å². The maximum atomic E-state index is 11.2. The zero-order valence-corrected chi connectivity index (χ0v) is 12.5. The van der Waals surface area contributed by atoms with Crippen molar-refractivity contribution in [2.45, 2.75) is 19.9 Å². The maximum Gasteiger partial charge on any atom is 0.156 e. The third-order valence-corrected chi connectivity index (χ3v) is 3.93. The molecule has 2 rings (SSSR count). The summed E-state index contributed by atoms with van der Waals surface area (Å²) in [6, 6.07) is 0.452. The first-order valence-corrected chi connectivity index (χ1v) is 6.72. The molecule has 104 valence electrons. The van der Waals surface area contributed by atoms with E-state index in [1.165, 1.54) is 0 Å². The quantitative estimate of drug-likeness (QED) is 0.623. The Labute approximate surface area is 118 Å². The van der Waals surface area contributed by atoms with Gasteiger partial charge >= 0.3 is 0 Å². The molecule has 19 heavy (non-hydrogen) atoms. The number of aromatic nitrogens is 2. The number of nitrogens with zero attached hydrogens (tertiary/aromatic N) is 4. The molecule has 0 saturated carbocycles. The summed E-state index contributed by atoms with van der Waals surface area (Å²) in [7, 11) is 4.15. The predicted octanol–water partition coefficient (Wildman–Crippen LogP) is 1.64. The van der Waals surface area contributed by atoms with Gasteiger partial charge in [0.1, 0.15) is 16.8 Å². The molecule has 0 amide bonds. The molecule has 1 aliphatic rings. The van der Waals surface area contributed by atoms with Crippen molar-refractivity contribution in [1.29, 1.82) is 0 Å². The van der Waals surface area contributed by atoms with Crippen LogP contribution in [0.5, 0.6) is 0 Å². The van der Waals surface area contributed by atoms with Gasteiger partial charge in [-0.1, -0.05) is 18.5 Å². The van der Waals surface area contributed by atoms with Crippen LogP contribution in [-0.4, -0.2) is 54.4 Å². The van der Waals surface area contributed by atoms with Crippen LogP contribution in [0, 0.1) is 12.8 Å². The van der Waals surface area contributed by atoms with Crippen molar-refractivity contribution in [3.63, 3.8) is 0 Å². The molecule has 1 aromatic rings. The third-order valence-electron chi connectivity index (χ3n) is 3.64. The molecule has 5 nitrogen and oxygen atoms in total. The molecule has 0 aromatic carbocycles. The number of aryl methyl sites for hydroxylation is 1. The first-order valence-electron chi connectivity index (χ1n) is 6.34. The van der Waals surface area contributed by atoms with Gasteiger partial charge in [-0.05, 0) is 26.9 Å². The van der Waals surface area contributed by atoms with E-state index in [-0.39, 0.29) is 5.15 Å². The predicted molar refractivity (Wildman–Crippen MR) is 76.0 cm³/mol. The van der Waals surface area contributed by atoms with E-state index in [4.69, 9.17) is 11.6 Å². The summed E-state index contributed by atoms with van der Waals surface area (Å²) in [5, 5.41) is 0.235. The lowest BCUT2D eigenvalue weighted by Gasteiger charge is -2.23. The lowest BCUT2D eigenvalue weighted by molar-refractivity contribution is 0.112. The zero-order chi connectivity index (χ0) is 14.2. The second-order valence-corrected chi connectivity index (χ2v) is 5.69. The summed E-state index contributed by atoms with van der Waals surface area (Å²) in [4.78, 5) is 24.0. The first-order chi connectivity index (χ1) is 8.93. The van der Waals surface area contributed by atoms with E-state index >= 15 is 0 Å². The fourth-order valence-electron chi connectivity index (χ4n) is 2.67. The van der Waals surface area contributed by atoms with Crippen molar-refractivity contribution in [2.75, 3.05) is 32.1 Å². The minimum absolute atomic E-state index is 0.235. The molecule has 0 radical (unpaired) electrons. The maximum absolute atomic E-state index is 11.2. The molecule has 2 unspecified atom stereocenters. The van der Waals surface area contributed by atoms with E-state index in [0.29, 0.717) is 29.2 Å². The van der Waals surface area contributed by atoms with Crippen LogP contribution in [0.2, 0.25) is 5.15 Å². The largest absolute Gasteiger partial charge is 0.354 e. The number of carbonyl (C=O) groups is 1. The molecule has 1 saturated heterocycles. The van der Waals surface area contributed by atoms with Crippen molar-refractivity contribution in [2.24, 2.45) is 5.92 Å². The molecule has 1 fully saturated rings. The van der Waals surface area contributed by atoms with Crippen LogP contribution in [0.25, 0.3) is 0 Å². The van der Waals surface area contributed by atoms with Crippen LogP contribution in [0.15, 0.2) is 0 Å². The molecular weight excluding hydrogens is 264 g/mol. The summed E-state index contributed by atoms with van der Waals surface area (Å²) in [6.45, 7) is 5.71. The van der Waals surface area contributed by atoms with Crippen molar-refractivity contribution in [1.82, 2.24) is 14.9 Å². The van der Waals surface area contributed by atoms with Crippen molar-refractivity contribution in [3.05, 3.63) is 16.5 Å². The zero-order valence-electron chi connectivity index (χ0n) is 11.7. The average molecular weight is 283 g/mol. The van der Waals surface area contributed by atoms with Crippen LogP contribution >= 0.6 is 11.6 Å². The fraction of sp³-hybridized carbons (Fsp3) is 0.615. The summed E-state index contributed by atoms with van der Waals surface area (Å²) < 4.78 is 0. The van der Waals surface area contributed by atoms with Crippen LogP contribution in [-0.2, 0) is 0 Å². The smallest absolute Gasteiger partial charge is 0.156 e. The molecule has 0 aliphatic carbocycles. The molecule has 1 aromatic heterocycles. The van der Waals surface area contributed by atoms with E-state index in [0.717, 1.165) is 19.4 Å². The van der Waals surface area contributed by atoms with Crippen LogP contribution < -0.4 is 4.90 Å². The highest BCUT2D eigenvalue weighted by Gasteiger charge is 2.33. The second kappa shape index (κ2) is 5.43. The van der Waals surface area contributed by atoms with E-state index in [1.54, 1.807) is 6.92 Å². The van der Waals surface area contributed by atoms with E-state index in [9.17, 15) is 4.79 Å². The van der Waals surface area contributed by atoms with Gasteiger partial charge in [0.25, 0.3) is 0 Å². The minimum atomic E-state index is 0.235. The number of hydrogen-bond donors (Lipinski definition) is 0. The van der Waals surface area contributed by atoms with Gasteiger partial charge in [-0.15, -0.1) is 0 Å². The number of aldehydes is 1. The van der Waals surface area contributed by atoms with Gasteiger partial charge in [-0.25, -0.2) is 9.97 Å². The average Bonchev–Trinajstić information content (AvgIpc) is 2.70. The molecule has 2 heterocycles. The molecule has 0 N–H and O–H groups in total. The SMILES string of the molecule is Cc1nc(Cl)c(C=O)c(N2CC(C)C(N(C)C)C2)n1. The van der Waals surface area contributed by atoms with Gasteiger partial charge in [-0.3, -0.25) is 4.79 Å². The summed E-state index contributed by atoms with van der Waals surface area (Å²) >= 11 is 6.03. The highest BCUT2D eigenvalue weighted by Crippen LogP contribution is 2.29. The highest BCUT2D eigenvalue weighted by atomic mass is 35.5. The van der Waals surface area contributed by atoms with Gasteiger partial charge < -0.3 is 9.80 Å². The summed E-state index contributed by atoms with van der Waals surface area (Å²) in [5.41, 5.74) is 0.388. The third kappa shape index (κ3) is 2.72. The number of anilines is 1. The lowest BCUT2D eigenvalue weighted by atomic mass is 10.1. The number of halogens is 1. The van der Waals surface area contributed by atoms with Crippen LogP contribution in [0.4, 0.5) is 5.82 Å². The van der Waals surface area contributed by atoms with Gasteiger partial charge in [0.2, 0.25) is 0 Å². The molecule has 2 atom stereocenters. The van der Waals surface area contributed by atoms with Crippen LogP contribution in [0.3, 0.4) is 0 Å².